The summed E-state index contributed by atoms with van der Waals surface area (Å²) < 4.78 is 10.7. The van der Waals surface area contributed by atoms with Gasteiger partial charge < -0.3 is 14.5 Å². The standard InChI is InChI=1S/C17H13NO4/c1-21-9-5-8-6-10-15-11(3-4-12(19)17(15)20)18-16(10)14(8)13(7-9)22-2/h3,5-7,18H,4H2,1-2H3. The van der Waals surface area contributed by atoms with Crippen LogP contribution in [-0.4, -0.2) is 30.8 Å². The zero-order chi connectivity index (χ0) is 15.4. The minimum absolute atomic E-state index is 0.151. The molecule has 0 unspecified atom stereocenters. The molecule has 0 saturated carbocycles. The largest absolute Gasteiger partial charge is 0.497 e. The number of benzene rings is 1. The summed E-state index contributed by atoms with van der Waals surface area (Å²) in [6.07, 6.45) is 3.81. The Hall–Kier alpha value is -2.82. The number of ether oxygens (including phenoxy) is 2. The molecule has 2 aromatic rings. The lowest BCUT2D eigenvalue weighted by molar-refractivity contribution is -0.114. The van der Waals surface area contributed by atoms with Crippen molar-refractivity contribution in [2.24, 2.45) is 0 Å². The number of hydrogen-bond acceptors (Lipinski definition) is 4. The maximum atomic E-state index is 12.2. The third-order valence-corrected chi connectivity index (χ3v) is 4.15. The summed E-state index contributed by atoms with van der Waals surface area (Å²) in [6, 6.07) is 3.69. The molecule has 1 N–H and O–H groups in total. The summed E-state index contributed by atoms with van der Waals surface area (Å²) in [5, 5.41) is 3.33. The highest BCUT2D eigenvalue weighted by Gasteiger charge is 2.27. The molecule has 0 atom stereocenters. The molecule has 0 amide bonds. The fourth-order valence-corrected chi connectivity index (χ4v) is 3.13. The number of fused-ring (bicyclic) bond motifs is 4. The lowest BCUT2D eigenvalue weighted by Crippen LogP contribution is -2.27. The third kappa shape index (κ3) is 1.53. The number of Topliss-reactive ketones (excluding diaryl/α,β-unsaturated/α-hetero) is 2. The van der Waals surface area contributed by atoms with Crippen molar-refractivity contribution in [3.05, 3.63) is 44.4 Å². The van der Waals surface area contributed by atoms with Gasteiger partial charge in [-0.1, -0.05) is 6.08 Å². The average Bonchev–Trinajstić information content (AvgIpc) is 3.05. The van der Waals surface area contributed by atoms with E-state index < -0.39 is 5.78 Å². The molecule has 0 saturated heterocycles. The number of rotatable bonds is 2. The van der Waals surface area contributed by atoms with Crippen molar-refractivity contribution in [3.63, 3.8) is 0 Å². The summed E-state index contributed by atoms with van der Waals surface area (Å²) in [4.78, 5) is 27.2. The molecule has 2 aliphatic carbocycles. The van der Waals surface area contributed by atoms with Crippen LogP contribution in [0.25, 0.3) is 12.2 Å². The summed E-state index contributed by atoms with van der Waals surface area (Å²) in [6.45, 7) is 0. The predicted molar refractivity (Wildman–Crippen MR) is 79.2 cm³/mol. The van der Waals surface area contributed by atoms with E-state index in [-0.39, 0.29) is 12.2 Å². The quantitative estimate of drug-likeness (QED) is 0.695. The molecule has 0 radical (unpaired) electrons. The lowest BCUT2D eigenvalue weighted by Gasteiger charge is -2.04. The first-order valence-corrected chi connectivity index (χ1v) is 6.92. The van der Waals surface area contributed by atoms with Crippen molar-refractivity contribution in [3.8, 4) is 11.5 Å². The summed E-state index contributed by atoms with van der Waals surface area (Å²) in [5.41, 5.74) is 1.22. The number of ketones is 2. The molecule has 4 rings (SSSR count). The van der Waals surface area contributed by atoms with E-state index in [1.807, 2.05) is 12.1 Å². The summed E-state index contributed by atoms with van der Waals surface area (Å²) in [7, 11) is 3.19. The average molecular weight is 295 g/mol. The monoisotopic (exact) mass is 295 g/mol. The Labute approximate surface area is 125 Å². The Morgan fingerprint density at radius 1 is 1.14 bits per heavy atom. The highest BCUT2D eigenvalue weighted by atomic mass is 16.5. The van der Waals surface area contributed by atoms with Gasteiger partial charge in [0.25, 0.3) is 0 Å². The molecular formula is C17H13NO4. The smallest absolute Gasteiger partial charge is 0.231 e. The highest BCUT2D eigenvalue weighted by Crippen LogP contribution is 2.24. The molecule has 0 aliphatic heterocycles. The van der Waals surface area contributed by atoms with Gasteiger partial charge in [0.15, 0.2) is 0 Å². The number of carbonyl (C=O) groups is 2. The Morgan fingerprint density at radius 2 is 1.95 bits per heavy atom. The number of aromatic nitrogens is 1. The number of carbonyl (C=O) groups excluding carboxylic acids is 2. The van der Waals surface area contributed by atoms with Crippen LogP contribution in [0, 0.1) is 10.6 Å². The topological polar surface area (TPSA) is 68.4 Å². The zero-order valence-corrected chi connectivity index (χ0v) is 12.1. The van der Waals surface area contributed by atoms with Gasteiger partial charge in [0.05, 0.1) is 25.1 Å². The molecule has 5 heteroatoms. The second kappa shape index (κ2) is 4.34. The van der Waals surface area contributed by atoms with Gasteiger partial charge in [0.2, 0.25) is 11.6 Å². The molecule has 0 bridgehead atoms. The van der Waals surface area contributed by atoms with Crippen LogP contribution in [-0.2, 0) is 4.79 Å². The lowest BCUT2D eigenvalue weighted by atomic mass is 9.98. The van der Waals surface area contributed by atoms with E-state index >= 15 is 0 Å². The molecule has 1 aromatic heterocycles. The fraction of sp³-hybridized carbons (Fsp3) is 0.176. The van der Waals surface area contributed by atoms with Crippen molar-refractivity contribution in [1.82, 2.24) is 4.98 Å². The van der Waals surface area contributed by atoms with Crippen LogP contribution < -0.4 is 20.0 Å². The van der Waals surface area contributed by atoms with E-state index in [1.165, 1.54) is 0 Å². The molecule has 22 heavy (non-hydrogen) atoms. The minimum Gasteiger partial charge on any atom is -0.497 e. The molecular weight excluding hydrogens is 282 g/mol. The van der Waals surface area contributed by atoms with Crippen molar-refractivity contribution in [2.45, 2.75) is 6.42 Å². The van der Waals surface area contributed by atoms with Gasteiger partial charge in [0.1, 0.15) is 11.5 Å². The van der Waals surface area contributed by atoms with E-state index in [1.54, 1.807) is 26.4 Å². The number of hydrogen-bond donors (Lipinski definition) is 1. The van der Waals surface area contributed by atoms with Gasteiger partial charge in [-0.2, -0.15) is 0 Å². The van der Waals surface area contributed by atoms with Crippen LogP contribution in [0.15, 0.2) is 12.1 Å². The van der Waals surface area contributed by atoms with Crippen molar-refractivity contribution in [1.29, 1.82) is 0 Å². The fourth-order valence-electron chi connectivity index (χ4n) is 3.13. The van der Waals surface area contributed by atoms with E-state index in [0.717, 1.165) is 26.7 Å². The van der Waals surface area contributed by atoms with Gasteiger partial charge in [-0.25, -0.2) is 0 Å². The summed E-state index contributed by atoms with van der Waals surface area (Å²) >= 11 is 0. The van der Waals surface area contributed by atoms with Crippen LogP contribution in [0.1, 0.15) is 22.3 Å². The van der Waals surface area contributed by atoms with Crippen LogP contribution >= 0.6 is 0 Å². The van der Waals surface area contributed by atoms with E-state index in [2.05, 4.69) is 4.98 Å². The molecule has 0 fully saturated rings. The van der Waals surface area contributed by atoms with E-state index in [4.69, 9.17) is 9.47 Å². The summed E-state index contributed by atoms with van der Waals surface area (Å²) in [5.74, 6) is 0.551. The van der Waals surface area contributed by atoms with Gasteiger partial charge in [-0.15, -0.1) is 0 Å². The molecule has 1 heterocycles. The van der Waals surface area contributed by atoms with Crippen molar-refractivity contribution in [2.75, 3.05) is 14.2 Å². The SMILES string of the molecule is COc1cc(OC)c2c(c1)=Cc1c3c([nH]c1=2)=CCC(=O)C3=O. The Kier molecular flexibility index (Phi) is 2.54. The second-order valence-electron chi connectivity index (χ2n) is 5.30. The zero-order valence-electron chi connectivity index (χ0n) is 12.1. The second-order valence-corrected chi connectivity index (χ2v) is 5.30. The molecule has 5 nitrogen and oxygen atoms in total. The van der Waals surface area contributed by atoms with Gasteiger partial charge in [-0.3, -0.25) is 9.59 Å². The highest BCUT2D eigenvalue weighted by molar-refractivity contribution is 6.46. The Balaban J connectivity index is 2.18. The minimum atomic E-state index is -0.426. The van der Waals surface area contributed by atoms with Crippen LogP contribution in [0.2, 0.25) is 0 Å². The number of methoxy groups -OCH3 is 2. The van der Waals surface area contributed by atoms with Gasteiger partial charge in [0, 0.05) is 28.6 Å². The van der Waals surface area contributed by atoms with E-state index in [9.17, 15) is 9.59 Å². The predicted octanol–water partition coefficient (Wildman–Crippen LogP) is 0.397. The first kappa shape index (κ1) is 12.9. The first-order chi connectivity index (χ1) is 10.6. The van der Waals surface area contributed by atoms with Crippen LogP contribution in [0.5, 0.6) is 11.5 Å². The number of aromatic amines is 1. The maximum absolute atomic E-state index is 12.2. The third-order valence-electron chi connectivity index (χ3n) is 4.15. The molecule has 0 spiro atoms. The number of H-pyrrole nitrogens is 1. The van der Waals surface area contributed by atoms with Crippen molar-refractivity contribution < 1.29 is 19.1 Å². The Bertz CT molecular complexity index is 1060. The Morgan fingerprint density at radius 3 is 2.68 bits per heavy atom. The van der Waals surface area contributed by atoms with Gasteiger partial charge >= 0.3 is 0 Å². The van der Waals surface area contributed by atoms with Crippen LogP contribution in [0.3, 0.4) is 0 Å². The normalized spacial score (nSPS) is 14.6. The maximum Gasteiger partial charge on any atom is 0.231 e. The first-order valence-electron chi connectivity index (χ1n) is 6.92. The molecule has 110 valence electrons. The van der Waals surface area contributed by atoms with Crippen LogP contribution in [0.4, 0.5) is 0 Å². The molecule has 2 aliphatic rings. The van der Waals surface area contributed by atoms with Gasteiger partial charge in [-0.05, 0) is 17.4 Å². The van der Waals surface area contributed by atoms with E-state index in [0.29, 0.717) is 17.1 Å². The molecule has 1 aromatic carbocycles. The van der Waals surface area contributed by atoms with Crippen molar-refractivity contribution >= 4 is 23.7 Å². The number of nitrogens with one attached hydrogen (secondary N) is 1.